The van der Waals surface area contributed by atoms with Crippen LogP contribution in [0.3, 0.4) is 0 Å². The Morgan fingerprint density at radius 2 is 2.00 bits per heavy atom. The normalized spacial score (nSPS) is 19.9. The predicted octanol–water partition coefficient (Wildman–Crippen LogP) is 2.65. The smallest absolute Gasteiger partial charge is 0.0462 e. The molecule has 0 bridgehead atoms. The van der Waals surface area contributed by atoms with Crippen LogP contribution in [0.15, 0.2) is 28.7 Å². The lowest BCUT2D eigenvalue weighted by atomic mass is 10.1. The van der Waals surface area contributed by atoms with E-state index < -0.39 is 0 Å². The summed E-state index contributed by atoms with van der Waals surface area (Å²) in [6.07, 6.45) is 1.10. The lowest BCUT2D eigenvalue weighted by molar-refractivity contribution is 0.0857. The molecule has 18 heavy (non-hydrogen) atoms. The first-order valence-electron chi connectivity index (χ1n) is 6.64. The molecule has 1 aliphatic rings. The molecule has 0 aromatic heterocycles. The first kappa shape index (κ1) is 14.0. The molecule has 3 nitrogen and oxygen atoms in total. The van der Waals surface area contributed by atoms with Crippen LogP contribution in [-0.4, -0.2) is 43.1 Å². The molecule has 2 rings (SSSR count). The Morgan fingerprint density at radius 1 is 1.28 bits per heavy atom. The molecule has 0 radical (unpaired) electrons. The molecule has 1 heterocycles. The highest BCUT2D eigenvalue weighted by atomic mass is 79.9. The minimum atomic E-state index is 0.408. The van der Waals surface area contributed by atoms with Gasteiger partial charge in [0.05, 0.1) is 0 Å². The Labute approximate surface area is 118 Å². The number of rotatable bonds is 4. The number of nitrogens with zero attached hydrogens (tertiary/aromatic N) is 2. The van der Waals surface area contributed by atoms with E-state index in [1.165, 1.54) is 5.56 Å². The maximum absolute atomic E-state index is 3.66. The van der Waals surface area contributed by atoms with E-state index in [2.05, 4.69) is 69.5 Å². The maximum atomic E-state index is 3.66. The average molecular weight is 312 g/mol. The summed E-state index contributed by atoms with van der Waals surface area (Å²) >= 11 is 3.54. The molecule has 1 aromatic rings. The van der Waals surface area contributed by atoms with E-state index in [0.717, 1.165) is 37.1 Å². The van der Waals surface area contributed by atoms with Gasteiger partial charge in [0.25, 0.3) is 0 Å². The number of halogens is 1. The van der Waals surface area contributed by atoms with Gasteiger partial charge >= 0.3 is 0 Å². The quantitative estimate of drug-likeness (QED) is 0.922. The molecule has 0 saturated carbocycles. The number of likely N-dealkylation sites (N-methyl/N-ethyl adjacent to an activating group) is 1. The van der Waals surface area contributed by atoms with Crippen molar-refractivity contribution in [3.05, 3.63) is 34.3 Å². The zero-order valence-corrected chi connectivity index (χ0v) is 12.8. The van der Waals surface area contributed by atoms with Crippen molar-refractivity contribution in [3.63, 3.8) is 0 Å². The van der Waals surface area contributed by atoms with Crippen LogP contribution in [0.1, 0.15) is 24.9 Å². The second-order valence-corrected chi connectivity index (χ2v) is 5.85. The van der Waals surface area contributed by atoms with Crippen LogP contribution in [0.5, 0.6) is 0 Å². The van der Waals surface area contributed by atoms with Crippen molar-refractivity contribution in [1.29, 1.82) is 0 Å². The van der Waals surface area contributed by atoms with E-state index in [-0.39, 0.29) is 0 Å². The van der Waals surface area contributed by atoms with E-state index in [1.807, 2.05) is 0 Å². The molecular weight excluding hydrogens is 290 g/mol. The van der Waals surface area contributed by atoms with Crippen LogP contribution >= 0.6 is 15.9 Å². The third-order valence-electron chi connectivity index (χ3n) is 3.50. The summed E-state index contributed by atoms with van der Waals surface area (Å²) in [4.78, 5) is 2.37. The summed E-state index contributed by atoms with van der Waals surface area (Å²) in [5.41, 5.74) is 5.01. The number of benzene rings is 1. The van der Waals surface area contributed by atoms with Gasteiger partial charge in [-0.05, 0) is 31.2 Å². The fourth-order valence-electron chi connectivity index (χ4n) is 2.28. The van der Waals surface area contributed by atoms with E-state index in [9.17, 15) is 0 Å². The van der Waals surface area contributed by atoms with Gasteiger partial charge in [0.1, 0.15) is 0 Å². The maximum Gasteiger partial charge on any atom is 0.0462 e. The number of hydrazine groups is 1. The van der Waals surface area contributed by atoms with Gasteiger partial charge in [-0.25, -0.2) is 10.4 Å². The number of nitrogens with one attached hydrogen (secondary N) is 1. The van der Waals surface area contributed by atoms with E-state index in [4.69, 9.17) is 0 Å². The van der Waals surface area contributed by atoms with Gasteiger partial charge in [-0.2, -0.15) is 0 Å². The Hall–Kier alpha value is -0.420. The van der Waals surface area contributed by atoms with Crippen molar-refractivity contribution >= 4 is 15.9 Å². The van der Waals surface area contributed by atoms with Gasteiger partial charge in [-0.1, -0.05) is 35.0 Å². The van der Waals surface area contributed by atoms with Gasteiger partial charge in [0, 0.05) is 36.7 Å². The Morgan fingerprint density at radius 3 is 2.61 bits per heavy atom. The minimum Gasteiger partial charge on any atom is -0.304 e. The van der Waals surface area contributed by atoms with Crippen LogP contribution in [0.25, 0.3) is 0 Å². The summed E-state index contributed by atoms with van der Waals surface area (Å²) in [5.74, 6) is 0. The predicted molar refractivity (Wildman–Crippen MR) is 79.4 cm³/mol. The number of piperazine rings is 1. The molecule has 1 atom stereocenters. The van der Waals surface area contributed by atoms with Crippen LogP contribution in [-0.2, 0) is 0 Å². The third kappa shape index (κ3) is 3.79. The van der Waals surface area contributed by atoms with Crippen molar-refractivity contribution in [3.8, 4) is 0 Å². The molecule has 0 spiro atoms. The van der Waals surface area contributed by atoms with E-state index in [0.29, 0.717) is 6.04 Å². The Bertz CT molecular complexity index is 375. The molecule has 0 amide bonds. The van der Waals surface area contributed by atoms with Gasteiger partial charge in [-0.15, -0.1) is 0 Å². The van der Waals surface area contributed by atoms with E-state index in [1.54, 1.807) is 0 Å². The number of hydrogen-bond donors (Lipinski definition) is 1. The monoisotopic (exact) mass is 311 g/mol. The Kier molecular flexibility index (Phi) is 5.18. The Balaban J connectivity index is 1.97. The van der Waals surface area contributed by atoms with Crippen molar-refractivity contribution in [2.24, 2.45) is 0 Å². The summed E-state index contributed by atoms with van der Waals surface area (Å²) in [6, 6.07) is 8.99. The average Bonchev–Trinajstić information content (AvgIpc) is 2.38. The largest absolute Gasteiger partial charge is 0.304 e. The third-order valence-corrected chi connectivity index (χ3v) is 3.99. The van der Waals surface area contributed by atoms with Gasteiger partial charge in [-0.3, -0.25) is 0 Å². The summed E-state index contributed by atoms with van der Waals surface area (Å²) in [6.45, 7) is 6.71. The number of hydrogen-bond acceptors (Lipinski definition) is 3. The van der Waals surface area contributed by atoms with E-state index >= 15 is 0 Å². The summed E-state index contributed by atoms with van der Waals surface area (Å²) in [7, 11) is 2.18. The van der Waals surface area contributed by atoms with Crippen LogP contribution in [0.4, 0.5) is 0 Å². The van der Waals surface area contributed by atoms with Crippen LogP contribution in [0, 0.1) is 0 Å². The van der Waals surface area contributed by atoms with Crippen molar-refractivity contribution in [2.45, 2.75) is 19.4 Å². The zero-order chi connectivity index (χ0) is 13.0. The molecule has 1 unspecified atom stereocenters. The van der Waals surface area contributed by atoms with Crippen LogP contribution < -0.4 is 5.43 Å². The highest BCUT2D eigenvalue weighted by molar-refractivity contribution is 9.10. The fraction of sp³-hybridized carbons (Fsp3) is 0.571. The second-order valence-electron chi connectivity index (χ2n) is 4.94. The summed E-state index contributed by atoms with van der Waals surface area (Å²) < 4.78 is 1.15. The molecule has 1 fully saturated rings. The lowest BCUT2D eigenvalue weighted by Crippen LogP contribution is -2.51. The summed E-state index contributed by atoms with van der Waals surface area (Å²) in [5, 5.41) is 2.36. The molecule has 1 aromatic carbocycles. The fourth-order valence-corrected chi connectivity index (χ4v) is 2.70. The first-order chi connectivity index (χ1) is 8.69. The van der Waals surface area contributed by atoms with Gasteiger partial charge in [0.15, 0.2) is 0 Å². The topological polar surface area (TPSA) is 18.5 Å². The zero-order valence-electron chi connectivity index (χ0n) is 11.2. The SMILES string of the molecule is CCC(NN1CCN(C)CC1)c1cccc(Br)c1. The van der Waals surface area contributed by atoms with Crippen LogP contribution in [0.2, 0.25) is 0 Å². The van der Waals surface area contributed by atoms with Crippen molar-refractivity contribution in [1.82, 2.24) is 15.3 Å². The molecule has 1 aliphatic heterocycles. The molecule has 0 aliphatic carbocycles. The van der Waals surface area contributed by atoms with Gasteiger partial charge < -0.3 is 4.90 Å². The van der Waals surface area contributed by atoms with Gasteiger partial charge in [0.2, 0.25) is 0 Å². The standard InChI is InChI=1S/C14H22BrN3/c1-3-14(12-5-4-6-13(15)11-12)16-18-9-7-17(2)8-10-18/h4-6,11,14,16H,3,7-10H2,1-2H3. The molecule has 100 valence electrons. The molecule has 1 saturated heterocycles. The van der Waals surface area contributed by atoms with Crippen molar-refractivity contribution in [2.75, 3.05) is 33.2 Å². The molecular formula is C14H22BrN3. The lowest BCUT2D eigenvalue weighted by Gasteiger charge is -2.35. The molecule has 1 N–H and O–H groups in total. The minimum absolute atomic E-state index is 0.408. The first-order valence-corrected chi connectivity index (χ1v) is 7.43. The highest BCUT2D eigenvalue weighted by Gasteiger charge is 2.17. The van der Waals surface area contributed by atoms with Crippen molar-refractivity contribution < 1.29 is 0 Å². The molecule has 4 heteroatoms. The highest BCUT2D eigenvalue weighted by Crippen LogP contribution is 2.21. The second kappa shape index (κ2) is 6.66.